The minimum absolute atomic E-state index is 0.295. The number of hydrogen-bond donors (Lipinski definition) is 2. The second-order valence-electron chi connectivity index (χ2n) is 5.33. The Kier molecular flexibility index (Phi) is 3.76. The molecule has 6 nitrogen and oxygen atoms in total. The maximum Gasteiger partial charge on any atom is 0.287 e. The van der Waals surface area contributed by atoms with Crippen LogP contribution in [-0.2, 0) is 5.54 Å². The van der Waals surface area contributed by atoms with Crippen molar-refractivity contribution in [3.8, 4) is 11.5 Å². The Morgan fingerprint density at radius 3 is 2.50 bits per heavy atom. The number of rotatable bonds is 3. The highest BCUT2D eigenvalue weighted by atomic mass is 16.5. The summed E-state index contributed by atoms with van der Waals surface area (Å²) in [4.78, 5) is 12.0. The Morgan fingerprint density at radius 1 is 1.30 bits per heavy atom. The number of benzene rings is 1. The number of ether oxygens (including phenoxy) is 1. The lowest BCUT2D eigenvalue weighted by molar-refractivity contribution is 0.0932. The highest BCUT2D eigenvalue weighted by molar-refractivity contribution is 5.95. The van der Waals surface area contributed by atoms with Crippen LogP contribution in [-0.4, -0.2) is 15.7 Å². The fraction of sp³-hybridized carbons (Fsp3) is 0.286. The van der Waals surface area contributed by atoms with E-state index in [9.17, 15) is 4.79 Å². The molecule has 0 saturated carbocycles. The SMILES string of the molecule is CC(C)(C)n1ncc(Oc2ccccc2)c1C(=O)NN. The van der Waals surface area contributed by atoms with Crippen LogP contribution in [0, 0.1) is 0 Å². The van der Waals surface area contributed by atoms with Gasteiger partial charge in [0, 0.05) is 0 Å². The zero-order chi connectivity index (χ0) is 14.8. The third kappa shape index (κ3) is 2.80. The number of amides is 1. The Balaban J connectivity index is 2.44. The number of nitrogens with two attached hydrogens (primary N) is 1. The van der Waals surface area contributed by atoms with Crippen LogP contribution in [0.2, 0.25) is 0 Å². The van der Waals surface area contributed by atoms with Gasteiger partial charge in [0.1, 0.15) is 5.75 Å². The number of aromatic nitrogens is 2. The average Bonchev–Trinajstić information content (AvgIpc) is 2.82. The van der Waals surface area contributed by atoms with E-state index in [1.54, 1.807) is 16.8 Å². The van der Waals surface area contributed by atoms with E-state index in [2.05, 4.69) is 10.5 Å². The molecule has 1 heterocycles. The molecule has 6 heteroatoms. The van der Waals surface area contributed by atoms with Gasteiger partial charge in [0.25, 0.3) is 5.91 Å². The smallest absolute Gasteiger partial charge is 0.287 e. The Morgan fingerprint density at radius 2 is 1.95 bits per heavy atom. The summed E-state index contributed by atoms with van der Waals surface area (Å²) in [6, 6.07) is 9.20. The van der Waals surface area contributed by atoms with Crippen LogP contribution in [0.15, 0.2) is 36.5 Å². The first-order valence-corrected chi connectivity index (χ1v) is 6.26. The summed E-state index contributed by atoms with van der Waals surface area (Å²) in [5, 5.41) is 4.23. The first-order chi connectivity index (χ1) is 9.43. The monoisotopic (exact) mass is 274 g/mol. The Bertz CT molecular complexity index is 599. The van der Waals surface area contributed by atoms with E-state index in [4.69, 9.17) is 10.6 Å². The molecule has 0 saturated heterocycles. The normalized spacial score (nSPS) is 11.2. The van der Waals surface area contributed by atoms with E-state index in [0.29, 0.717) is 17.2 Å². The summed E-state index contributed by atoms with van der Waals surface area (Å²) >= 11 is 0. The van der Waals surface area contributed by atoms with Crippen molar-refractivity contribution in [2.45, 2.75) is 26.3 Å². The number of hydrogen-bond acceptors (Lipinski definition) is 4. The van der Waals surface area contributed by atoms with Gasteiger partial charge in [-0.25, -0.2) is 5.84 Å². The molecule has 2 rings (SSSR count). The van der Waals surface area contributed by atoms with Gasteiger partial charge in [0.05, 0.1) is 11.7 Å². The van der Waals surface area contributed by atoms with Gasteiger partial charge >= 0.3 is 0 Å². The molecule has 0 spiro atoms. The molecule has 0 fully saturated rings. The van der Waals surface area contributed by atoms with Gasteiger partial charge in [-0.15, -0.1) is 0 Å². The lowest BCUT2D eigenvalue weighted by Gasteiger charge is -2.21. The van der Waals surface area contributed by atoms with Crippen molar-refractivity contribution in [2.75, 3.05) is 0 Å². The van der Waals surface area contributed by atoms with Crippen molar-refractivity contribution in [1.29, 1.82) is 0 Å². The van der Waals surface area contributed by atoms with Gasteiger partial charge in [-0.05, 0) is 32.9 Å². The summed E-state index contributed by atoms with van der Waals surface area (Å²) in [6.45, 7) is 5.83. The molecule has 1 aromatic heterocycles. The third-order valence-corrected chi connectivity index (χ3v) is 2.69. The van der Waals surface area contributed by atoms with Gasteiger partial charge < -0.3 is 4.74 Å². The molecule has 0 aliphatic heterocycles. The van der Waals surface area contributed by atoms with E-state index in [1.165, 1.54) is 6.20 Å². The first-order valence-electron chi connectivity index (χ1n) is 6.26. The number of nitrogens with one attached hydrogen (secondary N) is 1. The molecule has 0 aliphatic rings. The van der Waals surface area contributed by atoms with Crippen molar-refractivity contribution in [3.05, 3.63) is 42.2 Å². The second kappa shape index (κ2) is 5.34. The summed E-state index contributed by atoms with van der Waals surface area (Å²) in [5.74, 6) is 5.80. The molecule has 106 valence electrons. The standard InChI is InChI=1S/C14H18N4O2/c1-14(2,3)18-12(13(19)17-15)11(9-16-18)20-10-7-5-4-6-8-10/h4-9H,15H2,1-3H3,(H,17,19). The molecular formula is C14H18N4O2. The van der Waals surface area contributed by atoms with Gasteiger partial charge in [-0.1, -0.05) is 18.2 Å². The van der Waals surface area contributed by atoms with Crippen molar-refractivity contribution in [3.63, 3.8) is 0 Å². The summed E-state index contributed by atoms with van der Waals surface area (Å²) in [6.07, 6.45) is 1.52. The number of hydrazine groups is 1. The number of nitrogen functional groups attached to an aromatic ring is 1. The molecule has 0 bridgehead atoms. The lowest BCUT2D eigenvalue weighted by atomic mass is 10.1. The number of carbonyl (C=O) groups is 1. The van der Waals surface area contributed by atoms with Crippen LogP contribution in [0.5, 0.6) is 11.5 Å². The lowest BCUT2D eigenvalue weighted by Crippen LogP contribution is -2.35. The topological polar surface area (TPSA) is 82.2 Å². The predicted molar refractivity (Wildman–Crippen MR) is 75.4 cm³/mol. The summed E-state index contributed by atoms with van der Waals surface area (Å²) in [7, 11) is 0. The molecule has 3 N–H and O–H groups in total. The molecule has 0 unspecified atom stereocenters. The van der Waals surface area contributed by atoms with Crippen molar-refractivity contribution in [2.24, 2.45) is 5.84 Å². The maximum atomic E-state index is 12.0. The molecule has 1 aromatic carbocycles. The third-order valence-electron chi connectivity index (χ3n) is 2.69. The molecular weight excluding hydrogens is 256 g/mol. The van der Waals surface area contributed by atoms with E-state index < -0.39 is 5.91 Å². The van der Waals surface area contributed by atoms with Gasteiger partial charge in [0.2, 0.25) is 0 Å². The largest absolute Gasteiger partial charge is 0.453 e. The van der Waals surface area contributed by atoms with Gasteiger partial charge in [-0.3, -0.25) is 14.9 Å². The minimum atomic E-state index is -0.441. The number of carbonyl (C=O) groups excluding carboxylic acids is 1. The summed E-state index contributed by atoms with van der Waals surface area (Å²) in [5.41, 5.74) is 2.06. The van der Waals surface area contributed by atoms with Crippen LogP contribution >= 0.6 is 0 Å². The van der Waals surface area contributed by atoms with Crippen molar-refractivity contribution >= 4 is 5.91 Å². The van der Waals surface area contributed by atoms with Gasteiger partial charge in [-0.2, -0.15) is 5.10 Å². The minimum Gasteiger partial charge on any atom is -0.453 e. The molecule has 0 radical (unpaired) electrons. The molecule has 0 atom stereocenters. The van der Waals surface area contributed by atoms with Crippen LogP contribution in [0.3, 0.4) is 0 Å². The van der Waals surface area contributed by atoms with Crippen LogP contribution in [0.1, 0.15) is 31.3 Å². The highest BCUT2D eigenvalue weighted by Gasteiger charge is 2.26. The van der Waals surface area contributed by atoms with E-state index in [1.807, 2.05) is 39.0 Å². The molecule has 1 amide bonds. The van der Waals surface area contributed by atoms with E-state index in [-0.39, 0.29) is 5.54 Å². The van der Waals surface area contributed by atoms with Crippen LogP contribution in [0.4, 0.5) is 0 Å². The predicted octanol–water partition coefficient (Wildman–Crippen LogP) is 2.03. The van der Waals surface area contributed by atoms with Crippen LogP contribution in [0.25, 0.3) is 0 Å². The number of nitrogens with zero attached hydrogens (tertiary/aromatic N) is 2. The van der Waals surface area contributed by atoms with Crippen molar-refractivity contribution in [1.82, 2.24) is 15.2 Å². The van der Waals surface area contributed by atoms with Crippen LogP contribution < -0.4 is 16.0 Å². The quantitative estimate of drug-likeness (QED) is 0.509. The fourth-order valence-electron chi connectivity index (χ4n) is 1.81. The highest BCUT2D eigenvalue weighted by Crippen LogP contribution is 2.28. The zero-order valence-electron chi connectivity index (χ0n) is 11.8. The Hall–Kier alpha value is -2.34. The summed E-state index contributed by atoms with van der Waals surface area (Å²) < 4.78 is 7.30. The van der Waals surface area contributed by atoms with Crippen molar-refractivity contribution < 1.29 is 9.53 Å². The zero-order valence-corrected chi connectivity index (χ0v) is 11.8. The molecule has 2 aromatic rings. The average molecular weight is 274 g/mol. The maximum absolute atomic E-state index is 12.0. The molecule has 0 aliphatic carbocycles. The fourth-order valence-corrected chi connectivity index (χ4v) is 1.81. The number of para-hydroxylation sites is 1. The van der Waals surface area contributed by atoms with E-state index in [0.717, 1.165) is 0 Å². The van der Waals surface area contributed by atoms with Gasteiger partial charge in [0.15, 0.2) is 11.4 Å². The Labute approximate surface area is 117 Å². The second-order valence-corrected chi connectivity index (χ2v) is 5.33. The molecule has 20 heavy (non-hydrogen) atoms. The first kappa shape index (κ1) is 14.1. The van der Waals surface area contributed by atoms with E-state index >= 15 is 0 Å².